The Morgan fingerprint density at radius 2 is 1.77 bits per heavy atom. The first-order valence-electron chi connectivity index (χ1n) is 11.5. The number of carbonyl (C=O) groups excluding carboxylic acids is 1. The van der Waals surface area contributed by atoms with E-state index in [1.807, 2.05) is 0 Å². The van der Waals surface area contributed by atoms with E-state index in [1.54, 1.807) is 23.9 Å². The van der Waals surface area contributed by atoms with E-state index in [2.05, 4.69) is 25.7 Å². The van der Waals surface area contributed by atoms with Gasteiger partial charge >= 0.3 is 11.9 Å². The number of carboxylic acids is 2. The number of hydrogen-bond donors (Lipinski definition) is 4. The van der Waals surface area contributed by atoms with Crippen molar-refractivity contribution in [3.8, 4) is 0 Å². The average Bonchev–Trinajstić information content (AvgIpc) is 3.46. The number of thiophene rings is 1. The summed E-state index contributed by atoms with van der Waals surface area (Å²) in [5, 5.41) is 29.4. The van der Waals surface area contributed by atoms with Gasteiger partial charge in [-0.2, -0.15) is 5.10 Å². The minimum absolute atomic E-state index is 0.0641. The number of hydrogen-bond acceptors (Lipinski definition) is 8. The summed E-state index contributed by atoms with van der Waals surface area (Å²) in [7, 11) is 1.74. The van der Waals surface area contributed by atoms with Gasteiger partial charge in [-0.05, 0) is 56.1 Å². The first-order valence-corrected chi connectivity index (χ1v) is 12.3. The summed E-state index contributed by atoms with van der Waals surface area (Å²) in [6.45, 7) is 0.869. The molecular weight excluding hydrogens is 472 g/mol. The Morgan fingerprint density at radius 1 is 1.06 bits per heavy atom. The van der Waals surface area contributed by atoms with Crippen molar-refractivity contribution in [2.24, 2.45) is 17.9 Å². The molecule has 6 rings (SSSR count). The van der Waals surface area contributed by atoms with E-state index in [4.69, 9.17) is 5.11 Å². The molecule has 0 aliphatic heterocycles. The van der Waals surface area contributed by atoms with Crippen LogP contribution in [-0.4, -0.2) is 54.4 Å². The number of aromatic nitrogens is 4. The lowest BCUT2D eigenvalue weighted by Gasteiger charge is -2.51. The van der Waals surface area contributed by atoms with Gasteiger partial charge in [0.15, 0.2) is 11.5 Å². The lowest BCUT2D eigenvalue weighted by molar-refractivity contribution is -0.158. The molecule has 0 atom stereocenters. The molecule has 35 heavy (non-hydrogen) atoms. The monoisotopic (exact) mass is 498 g/mol. The molecule has 3 aromatic rings. The molecule has 184 valence electrons. The molecule has 3 fully saturated rings. The van der Waals surface area contributed by atoms with Crippen LogP contribution >= 0.6 is 11.3 Å². The number of amides is 1. The lowest BCUT2D eigenvalue weighted by atomic mass is 9.53. The van der Waals surface area contributed by atoms with E-state index >= 15 is 0 Å². The molecule has 3 saturated carbocycles. The Hall–Kier alpha value is -3.54. The van der Waals surface area contributed by atoms with Gasteiger partial charge in [0.25, 0.3) is 5.91 Å². The van der Waals surface area contributed by atoms with Gasteiger partial charge in [-0.3, -0.25) is 14.3 Å². The molecule has 2 bridgehead atoms. The molecule has 0 unspecified atom stereocenters. The third kappa shape index (κ3) is 4.11. The van der Waals surface area contributed by atoms with Crippen LogP contribution in [-0.2, 0) is 18.4 Å². The normalized spacial score (nSPS) is 23.3. The summed E-state index contributed by atoms with van der Waals surface area (Å²) in [4.78, 5) is 45.5. The summed E-state index contributed by atoms with van der Waals surface area (Å²) < 4.78 is 1.59. The lowest BCUT2D eigenvalue weighted by Crippen LogP contribution is -2.50. The van der Waals surface area contributed by atoms with Crippen molar-refractivity contribution in [1.82, 2.24) is 25.1 Å². The number of carbonyl (C=O) groups is 3. The zero-order chi connectivity index (χ0) is 24.8. The molecule has 1 amide bonds. The molecule has 0 saturated heterocycles. The summed E-state index contributed by atoms with van der Waals surface area (Å²) in [5.74, 6) is -1.39. The van der Waals surface area contributed by atoms with E-state index in [1.165, 1.54) is 17.7 Å². The van der Waals surface area contributed by atoms with Crippen LogP contribution in [0.3, 0.4) is 0 Å². The molecule has 0 aromatic carbocycles. The van der Waals surface area contributed by atoms with Crippen LogP contribution in [0, 0.1) is 10.8 Å². The van der Waals surface area contributed by atoms with Gasteiger partial charge in [0.1, 0.15) is 22.2 Å². The van der Waals surface area contributed by atoms with Gasteiger partial charge in [-0.1, -0.05) is 0 Å². The van der Waals surface area contributed by atoms with Crippen molar-refractivity contribution >= 4 is 46.0 Å². The second kappa shape index (κ2) is 8.59. The quantitative estimate of drug-likeness (QED) is 0.366. The largest absolute Gasteiger partial charge is 0.481 e. The van der Waals surface area contributed by atoms with Crippen LogP contribution < -0.4 is 10.6 Å². The first kappa shape index (κ1) is 23.2. The van der Waals surface area contributed by atoms with Crippen LogP contribution in [0.2, 0.25) is 0 Å². The van der Waals surface area contributed by atoms with Crippen molar-refractivity contribution in [2.75, 3.05) is 11.9 Å². The van der Waals surface area contributed by atoms with Crippen LogP contribution in [0.5, 0.6) is 0 Å². The molecule has 3 aromatic heterocycles. The number of aromatic carboxylic acids is 1. The molecule has 3 heterocycles. The van der Waals surface area contributed by atoms with Gasteiger partial charge in [-0.25, -0.2) is 14.8 Å². The summed E-state index contributed by atoms with van der Waals surface area (Å²) in [5.41, 5.74) is 0.418. The molecular formula is C23H26N6O5S. The predicted octanol–water partition coefficient (Wildman–Crippen LogP) is 2.89. The van der Waals surface area contributed by atoms with Crippen molar-refractivity contribution < 1.29 is 24.6 Å². The standard InChI is InChI=1S/C23H26N6O5S/c1-29-18(24-10-13-2-3-14(35-13)20(31)32)16-15(28-29)17(27-12-26-16)19(30)25-11-22-4-7-23(8-5-22,9-6-22)21(33)34/h2-3,12,24H,4-11H2,1H3,(H,25,30)(H,31,32)(H,33,34). The number of anilines is 1. The molecule has 11 nitrogen and oxygen atoms in total. The molecule has 4 N–H and O–H groups in total. The van der Waals surface area contributed by atoms with Gasteiger partial charge in [0.2, 0.25) is 0 Å². The Bertz CT molecular complexity index is 1310. The SMILES string of the molecule is Cn1nc2c(C(=O)NCC34CCC(C(=O)O)(CC3)CC4)ncnc2c1NCc1ccc(C(=O)O)s1. The topological polar surface area (TPSA) is 159 Å². The third-order valence-corrected chi connectivity index (χ3v) is 8.69. The molecule has 0 radical (unpaired) electrons. The maximum Gasteiger partial charge on any atom is 0.345 e. The highest BCUT2D eigenvalue weighted by Crippen LogP contribution is 2.56. The predicted molar refractivity (Wildman–Crippen MR) is 127 cm³/mol. The van der Waals surface area contributed by atoms with Gasteiger partial charge in [0, 0.05) is 18.5 Å². The molecule has 12 heteroatoms. The van der Waals surface area contributed by atoms with Crippen LogP contribution in [0.15, 0.2) is 18.5 Å². The Labute approximate surface area is 204 Å². The van der Waals surface area contributed by atoms with E-state index in [9.17, 15) is 19.5 Å². The van der Waals surface area contributed by atoms with Crippen LogP contribution in [0.25, 0.3) is 11.0 Å². The smallest absolute Gasteiger partial charge is 0.345 e. The first-order chi connectivity index (χ1) is 16.7. The van der Waals surface area contributed by atoms with E-state index < -0.39 is 17.4 Å². The van der Waals surface area contributed by atoms with Crippen molar-refractivity contribution in [3.05, 3.63) is 33.9 Å². The summed E-state index contributed by atoms with van der Waals surface area (Å²) in [6.07, 6.45) is 5.68. The number of rotatable bonds is 8. The zero-order valence-electron chi connectivity index (χ0n) is 19.2. The highest BCUT2D eigenvalue weighted by Gasteiger charge is 2.52. The Kier molecular flexibility index (Phi) is 5.70. The fraction of sp³-hybridized carbons (Fsp3) is 0.478. The van der Waals surface area contributed by atoms with Crippen molar-refractivity contribution in [1.29, 1.82) is 0 Å². The maximum absolute atomic E-state index is 13.1. The molecule has 3 aliphatic rings. The second-order valence-corrected chi connectivity index (χ2v) is 10.8. The Morgan fingerprint density at radius 3 is 2.40 bits per heavy atom. The number of aryl methyl sites for hydroxylation is 1. The summed E-state index contributed by atoms with van der Waals surface area (Å²) in [6, 6.07) is 3.32. The number of aliphatic carboxylic acids is 1. The van der Waals surface area contributed by atoms with E-state index in [-0.39, 0.29) is 21.9 Å². The van der Waals surface area contributed by atoms with Crippen LogP contribution in [0.1, 0.15) is 63.6 Å². The van der Waals surface area contributed by atoms with Gasteiger partial charge in [0.05, 0.1) is 12.0 Å². The van der Waals surface area contributed by atoms with E-state index in [0.29, 0.717) is 49.2 Å². The number of fused-ring (bicyclic) bond motifs is 4. The van der Waals surface area contributed by atoms with Gasteiger partial charge in [-0.15, -0.1) is 11.3 Å². The number of nitrogens with zero attached hydrogens (tertiary/aromatic N) is 4. The zero-order valence-corrected chi connectivity index (χ0v) is 20.0. The van der Waals surface area contributed by atoms with Crippen molar-refractivity contribution in [2.45, 2.75) is 45.1 Å². The third-order valence-electron chi connectivity index (χ3n) is 7.62. The average molecular weight is 499 g/mol. The fourth-order valence-electron chi connectivity index (χ4n) is 5.32. The maximum atomic E-state index is 13.1. The number of carboxylic acid groups (broad SMARTS) is 2. The van der Waals surface area contributed by atoms with Crippen molar-refractivity contribution in [3.63, 3.8) is 0 Å². The van der Waals surface area contributed by atoms with Gasteiger partial charge < -0.3 is 20.8 Å². The minimum atomic E-state index is -0.960. The van der Waals surface area contributed by atoms with Crippen LogP contribution in [0.4, 0.5) is 5.82 Å². The molecule has 3 aliphatic carbocycles. The number of nitrogens with one attached hydrogen (secondary N) is 2. The molecule has 0 spiro atoms. The fourth-order valence-corrected chi connectivity index (χ4v) is 6.11. The highest BCUT2D eigenvalue weighted by molar-refractivity contribution is 7.13. The second-order valence-electron chi connectivity index (χ2n) is 9.58. The van der Waals surface area contributed by atoms with E-state index in [0.717, 1.165) is 24.1 Å². The highest BCUT2D eigenvalue weighted by atomic mass is 32.1. The minimum Gasteiger partial charge on any atom is -0.481 e. The Balaban J connectivity index is 1.29. The summed E-state index contributed by atoms with van der Waals surface area (Å²) >= 11 is 1.19.